The molecule has 0 spiro atoms. The van der Waals surface area contributed by atoms with Crippen molar-refractivity contribution in [3.63, 3.8) is 0 Å². The number of halogens is 1. The fourth-order valence-corrected chi connectivity index (χ4v) is 1.65. The molecule has 0 aromatic heterocycles. The van der Waals surface area contributed by atoms with E-state index in [9.17, 15) is 9.18 Å². The summed E-state index contributed by atoms with van der Waals surface area (Å²) in [6, 6.07) is 11.8. The number of benzene rings is 2. The first kappa shape index (κ1) is 13.5. The van der Waals surface area contributed by atoms with Crippen LogP contribution in [0.15, 0.2) is 53.7 Å². The maximum absolute atomic E-state index is 13.0. The number of amidine groups is 1. The van der Waals surface area contributed by atoms with Gasteiger partial charge in [-0.25, -0.2) is 4.39 Å². The lowest BCUT2D eigenvalue weighted by Crippen LogP contribution is -2.15. The zero-order chi connectivity index (χ0) is 14.5. The van der Waals surface area contributed by atoms with Crippen LogP contribution in [0.3, 0.4) is 0 Å². The molecule has 102 valence electrons. The summed E-state index contributed by atoms with van der Waals surface area (Å²) < 4.78 is 13.0. The van der Waals surface area contributed by atoms with Crippen LogP contribution in [-0.2, 0) is 0 Å². The molecule has 6 heteroatoms. The lowest BCUT2D eigenvalue weighted by Gasteiger charge is -2.07. The molecule has 0 aliphatic rings. The van der Waals surface area contributed by atoms with E-state index < -0.39 is 11.7 Å². The molecule has 0 fully saturated rings. The van der Waals surface area contributed by atoms with Crippen molar-refractivity contribution >= 4 is 17.4 Å². The largest absolute Gasteiger partial charge is 0.409 e. The van der Waals surface area contributed by atoms with Crippen LogP contribution < -0.4 is 11.1 Å². The van der Waals surface area contributed by atoms with E-state index in [0.29, 0.717) is 11.3 Å². The van der Waals surface area contributed by atoms with Gasteiger partial charge in [-0.3, -0.25) is 4.79 Å². The van der Waals surface area contributed by atoms with Crippen molar-refractivity contribution in [2.75, 3.05) is 5.32 Å². The lowest BCUT2D eigenvalue weighted by atomic mass is 10.1. The van der Waals surface area contributed by atoms with Crippen LogP contribution in [0.5, 0.6) is 0 Å². The first-order valence-electron chi connectivity index (χ1n) is 5.75. The fourth-order valence-electron chi connectivity index (χ4n) is 1.65. The molecule has 4 N–H and O–H groups in total. The van der Waals surface area contributed by atoms with Crippen LogP contribution in [0.1, 0.15) is 15.9 Å². The van der Waals surface area contributed by atoms with E-state index in [1.807, 2.05) is 0 Å². The van der Waals surface area contributed by atoms with Gasteiger partial charge in [0.1, 0.15) is 5.82 Å². The number of oxime groups is 1. The highest BCUT2D eigenvalue weighted by atomic mass is 19.1. The summed E-state index contributed by atoms with van der Waals surface area (Å²) in [5.41, 5.74) is 6.59. The summed E-state index contributed by atoms with van der Waals surface area (Å²) >= 11 is 0. The Morgan fingerprint density at radius 2 is 1.85 bits per heavy atom. The number of nitrogens with one attached hydrogen (secondary N) is 1. The van der Waals surface area contributed by atoms with Crippen molar-refractivity contribution in [2.45, 2.75) is 0 Å². The molecular formula is C14H12FN3O2. The molecule has 0 atom stereocenters. The van der Waals surface area contributed by atoms with Crippen molar-refractivity contribution in [1.29, 1.82) is 0 Å². The average Bonchev–Trinajstić information content (AvgIpc) is 2.46. The van der Waals surface area contributed by atoms with Gasteiger partial charge in [0.2, 0.25) is 0 Å². The number of hydrogen-bond donors (Lipinski definition) is 3. The summed E-state index contributed by atoms with van der Waals surface area (Å²) in [6.07, 6.45) is 0. The van der Waals surface area contributed by atoms with Gasteiger partial charge in [0.05, 0.1) is 0 Å². The summed E-state index contributed by atoms with van der Waals surface area (Å²) in [7, 11) is 0. The quantitative estimate of drug-likeness (QED) is 0.346. The summed E-state index contributed by atoms with van der Waals surface area (Å²) in [5, 5.41) is 14.1. The minimum atomic E-state index is -0.483. The van der Waals surface area contributed by atoms with Crippen LogP contribution in [-0.4, -0.2) is 17.0 Å². The molecule has 1 amide bonds. The van der Waals surface area contributed by atoms with Gasteiger partial charge < -0.3 is 16.3 Å². The zero-order valence-corrected chi connectivity index (χ0v) is 10.4. The minimum absolute atomic E-state index is 0.0631. The summed E-state index contributed by atoms with van der Waals surface area (Å²) in [5.74, 6) is -0.990. The third-order valence-corrected chi connectivity index (χ3v) is 2.61. The lowest BCUT2D eigenvalue weighted by molar-refractivity contribution is 0.102. The van der Waals surface area contributed by atoms with E-state index in [1.165, 1.54) is 18.2 Å². The van der Waals surface area contributed by atoms with Gasteiger partial charge in [0.15, 0.2) is 5.84 Å². The van der Waals surface area contributed by atoms with Gasteiger partial charge >= 0.3 is 0 Å². The van der Waals surface area contributed by atoms with Gasteiger partial charge in [-0.05, 0) is 30.3 Å². The molecule has 20 heavy (non-hydrogen) atoms. The van der Waals surface area contributed by atoms with Crippen molar-refractivity contribution < 1.29 is 14.4 Å². The molecule has 0 radical (unpaired) electrons. The third-order valence-electron chi connectivity index (χ3n) is 2.61. The second kappa shape index (κ2) is 5.83. The van der Waals surface area contributed by atoms with Gasteiger partial charge in [-0.1, -0.05) is 23.4 Å². The third kappa shape index (κ3) is 3.11. The monoisotopic (exact) mass is 273 g/mol. The van der Waals surface area contributed by atoms with Crippen molar-refractivity contribution in [2.24, 2.45) is 10.9 Å². The Balaban J connectivity index is 2.20. The molecule has 0 saturated carbocycles. The van der Waals surface area contributed by atoms with Crippen molar-refractivity contribution in [3.05, 3.63) is 65.5 Å². The molecule has 0 saturated heterocycles. The van der Waals surface area contributed by atoms with Gasteiger partial charge in [-0.15, -0.1) is 0 Å². The van der Waals surface area contributed by atoms with E-state index in [4.69, 9.17) is 10.9 Å². The van der Waals surface area contributed by atoms with Crippen LogP contribution in [0, 0.1) is 5.82 Å². The number of nitrogens with two attached hydrogens (primary N) is 1. The number of carbonyl (C=O) groups is 1. The normalized spacial score (nSPS) is 11.2. The molecule has 2 aromatic rings. The standard InChI is InChI=1S/C14H12FN3O2/c15-11-5-1-4-10(7-11)14(19)17-12-6-2-3-9(8-12)13(16)18-20/h1-8,20H,(H2,16,18)(H,17,19). The Kier molecular flexibility index (Phi) is 3.95. The molecular weight excluding hydrogens is 261 g/mol. The van der Waals surface area contributed by atoms with E-state index in [-0.39, 0.29) is 11.4 Å². The first-order valence-corrected chi connectivity index (χ1v) is 5.75. The maximum Gasteiger partial charge on any atom is 0.255 e. The average molecular weight is 273 g/mol. The highest BCUT2D eigenvalue weighted by Gasteiger charge is 2.08. The SMILES string of the molecule is N/C(=N/O)c1cccc(NC(=O)c2cccc(F)c2)c1. The summed E-state index contributed by atoms with van der Waals surface area (Å²) in [4.78, 5) is 11.9. The fraction of sp³-hybridized carbons (Fsp3) is 0. The van der Waals surface area contributed by atoms with Gasteiger partial charge in [-0.2, -0.15) is 0 Å². The Morgan fingerprint density at radius 3 is 2.55 bits per heavy atom. The molecule has 2 aromatic carbocycles. The Bertz CT molecular complexity index is 671. The smallest absolute Gasteiger partial charge is 0.255 e. The van der Waals surface area contributed by atoms with E-state index in [0.717, 1.165) is 6.07 Å². The molecule has 5 nitrogen and oxygen atoms in total. The maximum atomic E-state index is 13.0. The van der Waals surface area contributed by atoms with E-state index >= 15 is 0 Å². The van der Waals surface area contributed by atoms with Gasteiger partial charge in [0.25, 0.3) is 5.91 Å². The molecule has 0 heterocycles. The Morgan fingerprint density at radius 1 is 1.15 bits per heavy atom. The van der Waals surface area contributed by atoms with Crippen LogP contribution in [0.2, 0.25) is 0 Å². The van der Waals surface area contributed by atoms with E-state index in [2.05, 4.69) is 10.5 Å². The molecule has 0 aliphatic carbocycles. The number of nitrogens with zero attached hydrogens (tertiary/aromatic N) is 1. The Labute approximate surface area is 114 Å². The first-order chi connectivity index (χ1) is 9.60. The number of rotatable bonds is 3. The van der Waals surface area contributed by atoms with Crippen molar-refractivity contribution in [3.8, 4) is 0 Å². The Hall–Kier alpha value is -2.89. The highest BCUT2D eigenvalue weighted by Crippen LogP contribution is 2.13. The second-order valence-corrected chi connectivity index (χ2v) is 4.03. The number of hydrogen-bond acceptors (Lipinski definition) is 3. The summed E-state index contributed by atoms with van der Waals surface area (Å²) in [6.45, 7) is 0. The molecule has 0 bridgehead atoms. The molecule has 2 rings (SSSR count). The highest BCUT2D eigenvalue weighted by molar-refractivity contribution is 6.05. The van der Waals surface area contributed by atoms with E-state index in [1.54, 1.807) is 24.3 Å². The van der Waals surface area contributed by atoms with Crippen LogP contribution >= 0.6 is 0 Å². The number of amides is 1. The predicted octanol–water partition coefficient (Wildman–Crippen LogP) is 2.17. The molecule has 0 aliphatic heterocycles. The number of carbonyl (C=O) groups excluding carboxylic acids is 1. The zero-order valence-electron chi connectivity index (χ0n) is 10.4. The van der Waals surface area contributed by atoms with Gasteiger partial charge in [0, 0.05) is 16.8 Å². The molecule has 0 unspecified atom stereocenters. The van der Waals surface area contributed by atoms with Crippen molar-refractivity contribution in [1.82, 2.24) is 0 Å². The van der Waals surface area contributed by atoms with Crippen LogP contribution in [0.4, 0.5) is 10.1 Å². The predicted molar refractivity (Wildman–Crippen MR) is 73.3 cm³/mol. The van der Waals surface area contributed by atoms with Crippen LogP contribution in [0.25, 0.3) is 0 Å². The number of anilines is 1. The second-order valence-electron chi connectivity index (χ2n) is 4.03. The minimum Gasteiger partial charge on any atom is -0.409 e. The topological polar surface area (TPSA) is 87.7 Å².